The summed E-state index contributed by atoms with van der Waals surface area (Å²) in [6.45, 7) is 3.77. The Hall–Kier alpha value is -0.590. The second-order valence-electron chi connectivity index (χ2n) is 4.89. The Kier molecular flexibility index (Phi) is 6.69. The van der Waals surface area contributed by atoms with Crippen molar-refractivity contribution in [1.29, 1.82) is 0 Å². The molecule has 0 fully saturated rings. The van der Waals surface area contributed by atoms with Gasteiger partial charge in [0.05, 0.1) is 6.17 Å². The van der Waals surface area contributed by atoms with E-state index in [9.17, 15) is 9.18 Å². The molecule has 2 atom stereocenters. The van der Waals surface area contributed by atoms with Crippen LogP contribution in [0.25, 0.3) is 0 Å². The van der Waals surface area contributed by atoms with Gasteiger partial charge in [0.1, 0.15) is 12.0 Å². The number of amides is 1. The summed E-state index contributed by atoms with van der Waals surface area (Å²) in [5.74, 6) is -0.873. The van der Waals surface area contributed by atoms with Crippen LogP contribution >= 0.6 is 34.8 Å². The first-order valence-electron chi connectivity index (χ1n) is 6.26. The fraction of sp³-hybridized carbons (Fsp3) is 0.462. The van der Waals surface area contributed by atoms with Gasteiger partial charge in [-0.1, -0.05) is 48.7 Å². The van der Waals surface area contributed by atoms with Gasteiger partial charge in [0.15, 0.2) is 0 Å². The van der Waals surface area contributed by atoms with Gasteiger partial charge in [0.2, 0.25) is 3.79 Å². The lowest BCUT2D eigenvalue weighted by Crippen LogP contribution is -2.59. The maximum atomic E-state index is 12.8. The van der Waals surface area contributed by atoms with Crippen LogP contribution in [-0.2, 0) is 0 Å². The fourth-order valence-corrected chi connectivity index (χ4v) is 1.77. The molecule has 0 spiro atoms. The van der Waals surface area contributed by atoms with E-state index in [0.29, 0.717) is 0 Å². The smallest absolute Gasteiger partial charge is 0.252 e. The van der Waals surface area contributed by atoms with Crippen LogP contribution < -0.4 is 16.4 Å². The molecular weight excluding hydrogens is 340 g/mol. The molecular formula is C13H17Cl3FN3O. The Labute approximate surface area is 138 Å². The van der Waals surface area contributed by atoms with Gasteiger partial charge in [0.25, 0.3) is 5.91 Å². The van der Waals surface area contributed by atoms with Gasteiger partial charge < -0.3 is 11.1 Å². The van der Waals surface area contributed by atoms with Crippen molar-refractivity contribution in [3.8, 4) is 0 Å². The van der Waals surface area contributed by atoms with Gasteiger partial charge in [-0.3, -0.25) is 10.1 Å². The molecule has 0 aromatic heterocycles. The third kappa shape index (κ3) is 5.96. The van der Waals surface area contributed by atoms with Crippen LogP contribution in [0.1, 0.15) is 24.2 Å². The van der Waals surface area contributed by atoms with E-state index in [4.69, 9.17) is 40.5 Å². The zero-order valence-corrected chi connectivity index (χ0v) is 13.8. The normalized spacial score (nSPS) is 14.9. The summed E-state index contributed by atoms with van der Waals surface area (Å²) in [5.41, 5.74) is 6.11. The molecule has 0 radical (unpaired) electrons. The van der Waals surface area contributed by atoms with Crippen molar-refractivity contribution in [2.75, 3.05) is 0 Å². The number of hydrogen-bond acceptors (Lipinski definition) is 3. The lowest BCUT2D eigenvalue weighted by atomic mass is 10.1. The van der Waals surface area contributed by atoms with E-state index in [1.165, 1.54) is 24.3 Å². The summed E-state index contributed by atoms with van der Waals surface area (Å²) in [6, 6.07) is 5.02. The molecule has 4 N–H and O–H groups in total. The topological polar surface area (TPSA) is 67.2 Å². The maximum absolute atomic E-state index is 12.8. The van der Waals surface area contributed by atoms with Crippen molar-refractivity contribution in [2.24, 2.45) is 11.7 Å². The summed E-state index contributed by atoms with van der Waals surface area (Å²) >= 11 is 17.5. The number of benzene rings is 1. The Morgan fingerprint density at radius 1 is 1.24 bits per heavy atom. The van der Waals surface area contributed by atoms with Crippen molar-refractivity contribution in [2.45, 2.75) is 30.0 Å². The summed E-state index contributed by atoms with van der Waals surface area (Å²) in [5, 5.41) is 5.37. The summed E-state index contributed by atoms with van der Waals surface area (Å²) < 4.78 is 11.0. The standard InChI is InChI=1S/C13H17Cl3FN3O/c1-7(2)10(18)19-12(13(14,15)16)20-11(21)8-3-5-9(17)6-4-8/h3-7,10,12,19H,18H2,1-2H3,(H,20,21). The van der Waals surface area contributed by atoms with Crippen molar-refractivity contribution < 1.29 is 9.18 Å². The quantitative estimate of drug-likeness (QED) is 0.561. The van der Waals surface area contributed by atoms with Crippen molar-refractivity contribution in [1.82, 2.24) is 10.6 Å². The van der Waals surface area contributed by atoms with Crippen LogP contribution in [0.4, 0.5) is 4.39 Å². The first-order chi connectivity index (χ1) is 9.61. The summed E-state index contributed by atoms with van der Waals surface area (Å²) in [4.78, 5) is 12.1. The molecule has 0 bridgehead atoms. The molecule has 2 unspecified atom stereocenters. The molecule has 0 aliphatic rings. The van der Waals surface area contributed by atoms with Crippen LogP contribution in [0.15, 0.2) is 24.3 Å². The number of carbonyl (C=O) groups is 1. The van der Waals surface area contributed by atoms with E-state index in [1.54, 1.807) is 0 Å². The van der Waals surface area contributed by atoms with E-state index in [0.717, 1.165) is 0 Å². The molecule has 21 heavy (non-hydrogen) atoms. The SMILES string of the molecule is CC(C)C(N)NC(NC(=O)c1ccc(F)cc1)C(Cl)(Cl)Cl. The second-order valence-corrected chi connectivity index (χ2v) is 7.26. The lowest BCUT2D eigenvalue weighted by Gasteiger charge is -2.30. The van der Waals surface area contributed by atoms with E-state index in [2.05, 4.69) is 10.6 Å². The van der Waals surface area contributed by atoms with Gasteiger partial charge >= 0.3 is 0 Å². The number of rotatable bonds is 5. The molecule has 0 saturated carbocycles. The molecule has 0 aliphatic carbocycles. The largest absolute Gasteiger partial charge is 0.333 e. The molecule has 0 heterocycles. The Morgan fingerprint density at radius 2 is 1.76 bits per heavy atom. The van der Waals surface area contributed by atoms with E-state index in [1.807, 2.05) is 13.8 Å². The second kappa shape index (κ2) is 7.61. The third-order valence-electron chi connectivity index (χ3n) is 2.79. The van der Waals surface area contributed by atoms with Gasteiger partial charge in [-0.25, -0.2) is 4.39 Å². The van der Waals surface area contributed by atoms with Crippen molar-refractivity contribution >= 4 is 40.7 Å². The fourth-order valence-electron chi connectivity index (χ4n) is 1.42. The molecule has 1 aromatic rings. The predicted molar refractivity (Wildman–Crippen MR) is 83.9 cm³/mol. The number of alkyl halides is 3. The maximum Gasteiger partial charge on any atom is 0.252 e. The van der Waals surface area contributed by atoms with Gasteiger partial charge in [-0.2, -0.15) is 0 Å². The van der Waals surface area contributed by atoms with E-state index >= 15 is 0 Å². The molecule has 1 aromatic carbocycles. The number of nitrogens with two attached hydrogens (primary N) is 1. The first kappa shape index (κ1) is 18.5. The summed E-state index contributed by atoms with van der Waals surface area (Å²) in [6.07, 6.45) is -1.46. The zero-order chi connectivity index (χ0) is 16.2. The average molecular weight is 357 g/mol. The van der Waals surface area contributed by atoms with Crippen LogP contribution in [0.3, 0.4) is 0 Å². The number of hydrogen-bond donors (Lipinski definition) is 3. The van der Waals surface area contributed by atoms with Gasteiger partial charge in [-0.05, 0) is 30.2 Å². The number of nitrogens with one attached hydrogen (secondary N) is 2. The molecule has 1 amide bonds. The highest BCUT2D eigenvalue weighted by Gasteiger charge is 2.35. The van der Waals surface area contributed by atoms with E-state index in [-0.39, 0.29) is 11.5 Å². The predicted octanol–water partition coefficient (Wildman–Crippen LogP) is 2.78. The third-order valence-corrected chi connectivity index (χ3v) is 3.44. The lowest BCUT2D eigenvalue weighted by molar-refractivity contribution is 0.0924. The molecule has 0 saturated heterocycles. The van der Waals surface area contributed by atoms with Gasteiger partial charge in [0, 0.05) is 5.56 Å². The molecule has 1 rings (SSSR count). The molecule has 0 aliphatic heterocycles. The van der Waals surface area contributed by atoms with Crippen LogP contribution in [0.5, 0.6) is 0 Å². The van der Waals surface area contributed by atoms with Crippen molar-refractivity contribution in [3.63, 3.8) is 0 Å². The molecule has 4 nitrogen and oxygen atoms in total. The number of halogens is 4. The monoisotopic (exact) mass is 355 g/mol. The van der Waals surface area contributed by atoms with Crippen LogP contribution in [-0.4, -0.2) is 22.0 Å². The van der Waals surface area contributed by atoms with Crippen LogP contribution in [0.2, 0.25) is 0 Å². The van der Waals surface area contributed by atoms with E-state index < -0.39 is 27.8 Å². The first-order valence-corrected chi connectivity index (χ1v) is 7.39. The number of carbonyl (C=O) groups excluding carboxylic acids is 1. The highest BCUT2D eigenvalue weighted by molar-refractivity contribution is 6.68. The Balaban J connectivity index is 2.81. The summed E-state index contributed by atoms with van der Waals surface area (Å²) in [7, 11) is 0. The Bertz CT molecular complexity index is 477. The van der Waals surface area contributed by atoms with Crippen LogP contribution in [0, 0.1) is 11.7 Å². The minimum atomic E-state index is -1.79. The Morgan fingerprint density at radius 3 is 2.19 bits per heavy atom. The zero-order valence-electron chi connectivity index (χ0n) is 11.5. The van der Waals surface area contributed by atoms with Crippen molar-refractivity contribution in [3.05, 3.63) is 35.6 Å². The highest BCUT2D eigenvalue weighted by Crippen LogP contribution is 2.29. The molecule has 118 valence electrons. The molecule has 8 heteroatoms. The minimum Gasteiger partial charge on any atom is -0.333 e. The average Bonchev–Trinajstić information content (AvgIpc) is 2.37. The highest BCUT2D eigenvalue weighted by atomic mass is 35.6. The minimum absolute atomic E-state index is 0.0718. The van der Waals surface area contributed by atoms with Gasteiger partial charge in [-0.15, -0.1) is 0 Å².